The van der Waals surface area contributed by atoms with Crippen LogP contribution in [0.1, 0.15) is 32.8 Å². The minimum Gasteiger partial charge on any atom is -0.354 e. The predicted octanol–water partition coefficient (Wildman–Crippen LogP) is 4.99. The summed E-state index contributed by atoms with van der Waals surface area (Å²) in [6.07, 6.45) is 1.32. The molecule has 1 unspecified atom stereocenters. The Hall–Kier alpha value is -2.00. The van der Waals surface area contributed by atoms with Gasteiger partial charge in [-0.1, -0.05) is 73.8 Å². The summed E-state index contributed by atoms with van der Waals surface area (Å²) in [6, 6.07) is 10.5. The predicted molar refractivity (Wildman–Crippen MR) is 143 cm³/mol. The van der Waals surface area contributed by atoms with Crippen LogP contribution in [0, 0.1) is 5.92 Å². The number of carbonyl (C=O) groups is 2. The van der Waals surface area contributed by atoms with E-state index in [4.69, 9.17) is 34.8 Å². The molecule has 0 heterocycles. The number of carbonyl (C=O) groups excluding carboxylic acids is 2. The maximum atomic E-state index is 13.6. The Morgan fingerprint density at radius 1 is 1.00 bits per heavy atom. The van der Waals surface area contributed by atoms with E-state index in [1.54, 1.807) is 43.3 Å². The molecule has 7 nitrogen and oxygen atoms in total. The number of halogens is 3. The molecule has 2 amide bonds. The number of anilines is 1. The van der Waals surface area contributed by atoms with Crippen molar-refractivity contribution in [3.8, 4) is 0 Å². The molecule has 0 aliphatic heterocycles. The molecule has 11 heteroatoms. The number of hydrogen-bond acceptors (Lipinski definition) is 4. The van der Waals surface area contributed by atoms with Gasteiger partial charge in [0.05, 0.1) is 27.0 Å². The van der Waals surface area contributed by atoms with Crippen LogP contribution in [0.2, 0.25) is 15.1 Å². The lowest BCUT2D eigenvalue weighted by Crippen LogP contribution is -2.52. The van der Waals surface area contributed by atoms with Crippen LogP contribution < -0.4 is 9.62 Å². The molecule has 0 aliphatic carbocycles. The molecule has 0 spiro atoms. The second kappa shape index (κ2) is 12.8. The Morgan fingerprint density at radius 3 is 2.20 bits per heavy atom. The fraction of sp³-hybridized carbons (Fsp3) is 0.417. The molecule has 0 saturated carbocycles. The Bertz CT molecular complexity index is 1160. The number of benzene rings is 2. The van der Waals surface area contributed by atoms with E-state index in [9.17, 15) is 18.0 Å². The first-order valence-electron chi connectivity index (χ1n) is 11.1. The van der Waals surface area contributed by atoms with Gasteiger partial charge in [0.1, 0.15) is 12.6 Å². The average Bonchev–Trinajstić information content (AvgIpc) is 2.78. The second-order valence-corrected chi connectivity index (χ2v) is 11.7. The molecule has 0 fully saturated rings. The highest BCUT2D eigenvalue weighted by atomic mass is 35.5. The molecular formula is C24H30Cl3N3O4S. The van der Waals surface area contributed by atoms with Crippen LogP contribution in [0.5, 0.6) is 0 Å². The van der Waals surface area contributed by atoms with Gasteiger partial charge < -0.3 is 10.2 Å². The van der Waals surface area contributed by atoms with Crippen molar-refractivity contribution < 1.29 is 18.0 Å². The van der Waals surface area contributed by atoms with Crippen molar-refractivity contribution >= 4 is 62.3 Å². The van der Waals surface area contributed by atoms with E-state index in [1.807, 2.05) is 13.8 Å². The van der Waals surface area contributed by atoms with E-state index < -0.39 is 28.5 Å². The number of sulfonamides is 1. The highest BCUT2D eigenvalue weighted by Gasteiger charge is 2.32. The van der Waals surface area contributed by atoms with Crippen molar-refractivity contribution in [1.82, 2.24) is 10.2 Å². The quantitative estimate of drug-likeness (QED) is 0.418. The highest BCUT2D eigenvalue weighted by molar-refractivity contribution is 7.92. The largest absolute Gasteiger partial charge is 0.354 e. The van der Waals surface area contributed by atoms with Crippen LogP contribution >= 0.6 is 34.8 Å². The van der Waals surface area contributed by atoms with Gasteiger partial charge in [-0.3, -0.25) is 13.9 Å². The Kier molecular flexibility index (Phi) is 10.7. The molecule has 2 aromatic rings. The van der Waals surface area contributed by atoms with E-state index in [0.717, 1.165) is 10.6 Å². The van der Waals surface area contributed by atoms with Gasteiger partial charge in [0.2, 0.25) is 21.8 Å². The van der Waals surface area contributed by atoms with E-state index in [-0.39, 0.29) is 29.1 Å². The summed E-state index contributed by atoms with van der Waals surface area (Å²) in [5.74, 6) is -0.664. The zero-order chi connectivity index (χ0) is 26.3. The highest BCUT2D eigenvalue weighted by Crippen LogP contribution is 2.28. The standard InChI is InChI=1S/C24H30Cl3N3O4S/c1-5-21(24(32)28-13-16(2)3)29(14-17-10-11-18(25)20(27)12-17)23(31)15-30(35(4,33)34)22-9-7-6-8-19(22)26/h6-12,16,21H,5,13-15H2,1-4H3,(H,28,32). The molecule has 2 aromatic carbocycles. The van der Waals surface area contributed by atoms with Crippen LogP contribution in [-0.2, 0) is 26.2 Å². The lowest BCUT2D eigenvalue weighted by atomic mass is 10.1. The lowest BCUT2D eigenvalue weighted by molar-refractivity contribution is -0.140. The van der Waals surface area contributed by atoms with Gasteiger partial charge in [-0.15, -0.1) is 0 Å². The third-order valence-electron chi connectivity index (χ3n) is 5.21. The van der Waals surface area contributed by atoms with Crippen molar-refractivity contribution in [2.75, 3.05) is 23.7 Å². The molecule has 192 valence electrons. The van der Waals surface area contributed by atoms with Gasteiger partial charge in [-0.25, -0.2) is 8.42 Å². The normalized spacial score (nSPS) is 12.3. The van der Waals surface area contributed by atoms with Gasteiger partial charge in [0.15, 0.2) is 0 Å². The number of nitrogens with zero attached hydrogens (tertiary/aromatic N) is 2. The number of hydrogen-bond donors (Lipinski definition) is 1. The third-order valence-corrected chi connectivity index (χ3v) is 7.39. The van der Waals surface area contributed by atoms with Gasteiger partial charge >= 0.3 is 0 Å². The monoisotopic (exact) mass is 561 g/mol. The van der Waals surface area contributed by atoms with Crippen LogP contribution in [0.15, 0.2) is 42.5 Å². The van der Waals surface area contributed by atoms with Gasteiger partial charge in [-0.05, 0) is 42.2 Å². The third kappa shape index (κ3) is 8.27. The van der Waals surface area contributed by atoms with Crippen molar-refractivity contribution in [2.24, 2.45) is 5.92 Å². The summed E-state index contributed by atoms with van der Waals surface area (Å²) in [4.78, 5) is 28.0. The average molecular weight is 563 g/mol. The summed E-state index contributed by atoms with van der Waals surface area (Å²) >= 11 is 18.4. The molecule has 0 saturated heterocycles. The Morgan fingerprint density at radius 2 is 1.66 bits per heavy atom. The number of amides is 2. The van der Waals surface area contributed by atoms with E-state index in [1.165, 1.54) is 11.0 Å². The van der Waals surface area contributed by atoms with Crippen molar-refractivity contribution in [1.29, 1.82) is 0 Å². The molecule has 35 heavy (non-hydrogen) atoms. The topological polar surface area (TPSA) is 86.8 Å². The van der Waals surface area contributed by atoms with E-state index in [0.29, 0.717) is 28.6 Å². The summed E-state index contributed by atoms with van der Waals surface area (Å²) in [5.41, 5.74) is 0.823. The first kappa shape index (κ1) is 29.2. The molecule has 0 radical (unpaired) electrons. The minimum absolute atomic E-state index is 0.0312. The van der Waals surface area contributed by atoms with Crippen LogP contribution in [0.4, 0.5) is 5.69 Å². The van der Waals surface area contributed by atoms with Gasteiger partial charge in [0, 0.05) is 13.1 Å². The zero-order valence-electron chi connectivity index (χ0n) is 20.1. The van der Waals surface area contributed by atoms with Crippen LogP contribution in [0.25, 0.3) is 0 Å². The maximum absolute atomic E-state index is 13.6. The Labute approximate surface area is 222 Å². The first-order valence-corrected chi connectivity index (χ1v) is 14.1. The fourth-order valence-corrected chi connectivity index (χ4v) is 4.90. The molecule has 0 aliphatic rings. The van der Waals surface area contributed by atoms with Crippen LogP contribution in [-0.4, -0.2) is 50.5 Å². The summed E-state index contributed by atoms with van der Waals surface area (Å²) in [7, 11) is -3.87. The zero-order valence-corrected chi connectivity index (χ0v) is 23.2. The molecule has 0 bridgehead atoms. The fourth-order valence-electron chi connectivity index (χ4n) is 3.43. The number of nitrogens with one attached hydrogen (secondary N) is 1. The smallest absolute Gasteiger partial charge is 0.244 e. The number of rotatable bonds is 11. The second-order valence-electron chi connectivity index (χ2n) is 8.55. The van der Waals surface area contributed by atoms with Gasteiger partial charge in [-0.2, -0.15) is 0 Å². The summed E-state index contributed by atoms with van der Waals surface area (Å²) < 4.78 is 26.2. The first-order chi connectivity index (χ1) is 16.3. The summed E-state index contributed by atoms with van der Waals surface area (Å²) in [6.45, 7) is 5.67. The molecule has 1 atom stereocenters. The molecule has 2 rings (SSSR count). The summed E-state index contributed by atoms with van der Waals surface area (Å²) in [5, 5.41) is 3.72. The van der Waals surface area contributed by atoms with Crippen LogP contribution in [0.3, 0.4) is 0 Å². The van der Waals surface area contributed by atoms with Crippen molar-refractivity contribution in [3.05, 3.63) is 63.1 Å². The molecular weight excluding hydrogens is 533 g/mol. The van der Waals surface area contributed by atoms with E-state index in [2.05, 4.69) is 5.32 Å². The van der Waals surface area contributed by atoms with Gasteiger partial charge in [0.25, 0.3) is 0 Å². The maximum Gasteiger partial charge on any atom is 0.244 e. The lowest BCUT2D eigenvalue weighted by Gasteiger charge is -2.33. The van der Waals surface area contributed by atoms with E-state index >= 15 is 0 Å². The molecule has 0 aromatic heterocycles. The Balaban J connectivity index is 2.46. The van der Waals surface area contributed by atoms with Crippen molar-refractivity contribution in [2.45, 2.75) is 39.8 Å². The molecule has 1 N–H and O–H groups in total. The number of para-hydroxylation sites is 1. The minimum atomic E-state index is -3.87. The SMILES string of the molecule is CCC(C(=O)NCC(C)C)N(Cc1ccc(Cl)c(Cl)c1)C(=O)CN(c1ccccc1Cl)S(C)(=O)=O. The van der Waals surface area contributed by atoms with Crippen molar-refractivity contribution in [3.63, 3.8) is 0 Å².